The summed E-state index contributed by atoms with van der Waals surface area (Å²) in [4.78, 5) is 22.2. The van der Waals surface area contributed by atoms with Crippen molar-refractivity contribution in [2.24, 2.45) is 0 Å². The number of fused-ring (bicyclic) bond motifs is 1. The first-order valence-electron chi connectivity index (χ1n) is 11.2. The summed E-state index contributed by atoms with van der Waals surface area (Å²) < 4.78 is 0. The molecule has 6 heteroatoms. The summed E-state index contributed by atoms with van der Waals surface area (Å²) in [6.07, 6.45) is 1.26. The second-order valence-electron chi connectivity index (χ2n) is 8.15. The Morgan fingerprint density at radius 3 is 2.37 bits per heavy atom. The second kappa shape index (κ2) is 9.57. The fourth-order valence-electron chi connectivity index (χ4n) is 3.84. The Labute approximate surface area is 203 Å². The normalized spacial score (nSPS) is 10.7. The van der Waals surface area contributed by atoms with Gasteiger partial charge < -0.3 is 16.0 Å². The molecule has 5 aromatic rings. The van der Waals surface area contributed by atoms with Crippen LogP contribution in [0.4, 0.5) is 17.3 Å². The van der Waals surface area contributed by atoms with Crippen LogP contribution in [0.2, 0.25) is 0 Å². The van der Waals surface area contributed by atoms with Gasteiger partial charge in [-0.1, -0.05) is 60.7 Å². The number of amides is 1. The maximum Gasteiger partial charge on any atom is 0.255 e. The average molecular weight is 458 g/mol. The molecule has 35 heavy (non-hydrogen) atoms. The molecule has 170 valence electrons. The van der Waals surface area contributed by atoms with Gasteiger partial charge in [0.2, 0.25) is 5.95 Å². The lowest BCUT2D eigenvalue weighted by atomic mass is 10.1. The zero-order valence-corrected chi connectivity index (χ0v) is 19.1. The molecule has 0 spiro atoms. The Balaban J connectivity index is 1.38. The molecule has 1 heterocycles. The van der Waals surface area contributed by atoms with Crippen molar-refractivity contribution in [1.29, 1.82) is 5.41 Å². The smallest absolute Gasteiger partial charge is 0.255 e. The molecule has 0 radical (unpaired) electrons. The number of aryl methyl sites for hydroxylation is 1. The van der Waals surface area contributed by atoms with Crippen molar-refractivity contribution in [2.45, 2.75) is 6.92 Å². The summed E-state index contributed by atoms with van der Waals surface area (Å²) in [5, 5.41) is 14.6. The largest absolute Gasteiger partial charge is 0.324 e. The lowest BCUT2D eigenvalue weighted by Gasteiger charge is -2.12. The zero-order chi connectivity index (χ0) is 24.2. The van der Waals surface area contributed by atoms with Crippen LogP contribution < -0.4 is 10.6 Å². The van der Waals surface area contributed by atoms with E-state index < -0.39 is 0 Å². The molecule has 0 aliphatic heterocycles. The lowest BCUT2D eigenvalue weighted by molar-refractivity contribution is 0.102. The Morgan fingerprint density at radius 1 is 0.857 bits per heavy atom. The average Bonchev–Trinajstić information content (AvgIpc) is 2.90. The highest BCUT2D eigenvalue weighted by Gasteiger charge is 2.11. The van der Waals surface area contributed by atoms with Crippen molar-refractivity contribution < 1.29 is 4.79 Å². The van der Waals surface area contributed by atoms with Crippen LogP contribution in [-0.4, -0.2) is 22.1 Å². The van der Waals surface area contributed by atoms with E-state index in [1.807, 2.05) is 85.8 Å². The minimum atomic E-state index is -0.213. The first-order valence-corrected chi connectivity index (χ1v) is 11.2. The Kier molecular flexibility index (Phi) is 6.01. The predicted molar refractivity (Wildman–Crippen MR) is 142 cm³/mol. The Hall–Kier alpha value is -4.84. The summed E-state index contributed by atoms with van der Waals surface area (Å²) in [5.41, 5.74) is 6.39. The van der Waals surface area contributed by atoms with E-state index in [-0.39, 0.29) is 5.91 Å². The number of aromatic nitrogens is 2. The first kappa shape index (κ1) is 22.0. The minimum Gasteiger partial charge on any atom is -0.324 e. The molecule has 6 nitrogen and oxygen atoms in total. The molecule has 3 N–H and O–H groups in total. The molecule has 1 amide bonds. The molecule has 0 bridgehead atoms. The van der Waals surface area contributed by atoms with Gasteiger partial charge in [-0.15, -0.1) is 0 Å². The van der Waals surface area contributed by atoms with E-state index in [4.69, 9.17) is 10.4 Å². The molecule has 0 fully saturated rings. The van der Waals surface area contributed by atoms with E-state index in [1.54, 1.807) is 18.2 Å². The van der Waals surface area contributed by atoms with Gasteiger partial charge in [-0.2, -0.15) is 0 Å². The number of carbonyl (C=O) groups is 1. The summed E-state index contributed by atoms with van der Waals surface area (Å²) in [6, 6.07) is 30.7. The van der Waals surface area contributed by atoms with Crippen LogP contribution in [0.3, 0.4) is 0 Å². The van der Waals surface area contributed by atoms with Crippen molar-refractivity contribution in [3.8, 4) is 11.3 Å². The van der Waals surface area contributed by atoms with Crippen molar-refractivity contribution in [3.63, 3.8) is 0 Å². The number of nitrogens with one attached hydrogen (secondary N) is 3. The molecule has 0 saturated carbocycles. The number of anilines is 3. The maximum absolute atomic E-state index is 12.8. The fourth-order valence-corrected chi connectivity index (χ4v) is 3.84. The van der Waals surface area contributed by atoms with E-state index in [0.717, 1.165) is 39.0 Å². The highest BCUT2D eigenvalue weighted by molar-refractivity contribution is 6.05. The van der Waals surface area contributed by atoms with Gasteiger partial charge >= 0.3 is 0 Å². The highest BCUT2D eigenvalue weighted by Crippen LogP contribution is 2.28. The van der Waals surface area contributed by atoms with Gasteiger partial charge in [-0.3, -0.25) is 4.79 Å². The van der Waals surface area contributed by atoms with Crippen LogP contribution in [0.5, 0.6) is 0 Å². The monoisotopic (exact) mass is 457 g/mol. The Bertz CT molecular complexity index is 1530. The predicted octanol–water partition coefficient (Wildman–Crippen LogP) is 6.60. The van der Waals surface area contributed by atoms with Gasteiger partial charge in [0, 0.05) is 34.1 Å². The van der Waals surface area contributed by atoms with E-state index in [2.05, 4.69) is 15.6 Å². The lowest BCUT2D eigenvalue weighted by Crippen LogP contribution is -2.13. The fraction of sp³-hybridized carbons (Fsp3) is 0.0345. The molecular weight excluding hydrogens is 434 g/mol. The van der Waals surface area contributed by atoms with Crippen LogP contribution >= 0.6 is 0 Å². The molecule has 4 aromatic carbocycles. The molecule has 5 rings (SSSR count). The molecule has 0 atom stereocenters. The SMILES string of the molecule is Cc1ccc(C=N)cc1NC(=O)c1ccc(Nc2nc(-c3ccccc3)c3ccccc3n2)cc1. The van der Waals surface area contributed by atoms with Crippen LogP contribution in [0, 0.1) is 12.3 Å². The molecule has 1 aromatic heterocycles. The van der Waals surface area contributed by atoms with Gasteiger partial charge in [-0.25, -0.2) is 9.97 Å². The quantitative estimate of drug-likeness (QED) is 0.251. The topological polar surface area (TPSA) is 90.8 Å². The Morgan fingerprint density at radius 2 is 1.60 bits per heavy atom. The van der Waals surface area contributed by atoms with Crippen molar-refractivity contribution in [1.82, 2.24) is 9.97 Å². The molecular formula is C29H23N5O. The van der Waals surface area contributed by atoms with Crippen LogP contribution in [0.1, 0.15) is 21.5 Å². The number of hydrogen-bond donors (Lipinski definition) is 3. The summed E-state index contributed by atoms with van der Waals surface area (Å²) >= 11 is 0. The summed E-state index contributed by atoms with van der Waals surface area (Å²) in [5.74, 6) is 0.272. The van der Waals surface area contributed by atoms with E-state index in [0.29, 0.717) is 17.2 Å². The van der Waals surface area contributed by atoms with Crippen LogP contribution in [0.15, 0.2) is 97.1 Å². The van der Waals surface area contributed by atoms with Crippen LogP contribution in [-0.2, 0) is 0 Å². The second-order valence-corrected chi connectivity index (χ2v) is 8.15. The summed E-state index contributed by atoms with van der Waals surface area (Å²) in [7, 11) is 0. The third-order valence-electron chi connectivity index (χ3n) is 5.73. The van der Waals surface area contributed by atoms with Crippen molar-refractivity contribution >= 4 is 40.3 Å². The number of benzene rings is 4. The molecule has 0 saturated heterocycles. The third-order valence-corrected chi connectivity index (χ3v) is 5.73. The van der Waals surface area contributed by atoms with Gasteiger partial charge in [0.25, 0.3) is 5.91 Å². The van der Waals surface area contributed by atoms with Gasteiger partial charge in [0.1, 0.15) is 0 Å². The van der Waals surface area contributed by atoms with Crippen molar-refractivity contribution in [3.05, 3.63) is 114 Å². The van der Waals surface area contributed by atoms with Gasteiger partial charge in [0.05, 0.1) is 11.2 Å². The first-order chi connectivity index (χ1) is 17.1. The third kappa shape index (κ3) is 4.77. The maximum atomic E-state index is 12.8. The molecule has 0 aliphatic carbocycles. The number of para-hydroxylation sites is 1. The zero-order valence-electron chi connectivity index (χ0n) is 19.1. The number of nitrogens with zero attached hydrogens (tertiary/aromatic N) is 2. The standard InChI is InChI=1S/C29H23N5O/c1-19-11-12-20(18-30)17-26(19)32-28(35)22-13-15-23(16-14-22)31-29-33-25-10-6-5-9-24(25)27(34-29)21-7-3-2-4-8-21/h2-18,30H,1H3,(H,32,35)(H,31,33,34). The number of hydrogen-bond acceptors (Lipinski definition) is 5. The van der Waals surface area contributed by atoms with E-state index in [1.165, 1.54) is 6.21 Å². The number of rotatable bonds is 6. The van der Waals surface area contributed by atoms with E-state index >= 15 is 0 Å². The molecule has 0 unspecified atom stereocenters. The molecule has 0 aliphatic rings. The van der Waals surface area contributed by atoms with Gasteiger partial charge in [-0.05, 0) is 54.4 Å². The minimum absolute atomic E-state index is 0.213. The highest BCUT2D eigenvalue weighted by atomic mass is 16.1. The van der Waals surface area contributed by atoms with E-state index in [9.17, 15) is 4.79 Å². The van der Waals surface area contributed by atoms with Gasteiger partial charge in [0.15, 0.2) is 0 Å². The van der Waals surface area contributed by atoms with Crippen LogP contribution in [0.25, 0.3) is 22.2 Å². The summed E-state index contributed by atoms with van der Waals surface area (Å²) in [6.45, 7) is 1.92. The number of carbonyl (C=O) groups excluding carboxylic acids is 1. The van der Waals surface area contributed by atoms with Crippen molar-refractivity contribution in [2.75, 3.05) is 10.6 Å².